The summed E-state index contributed by atoms with van der Waals surface area (Å²) in [7, 11) is 0. The second-order valence-electron chi connectivity index (χ2n) is 7.06. The van der Waals surface area contributed by atoms with Crippen LogP contribution in [0.3, 0.4) is 0 Å². The van der Waals surface area contributed by atoms with Crippen LogP contribution in [0.2, 0.25) is 0 Å². The highest BCUT2D eigenvalue weighted by Crippen LogP contribution is 2.30. The average molecular weight is 418 g/mol. The monoisotopic (exact) mass is 418 g/mol. The molecule has 0 aliphatic carbocycles. The number of rotatable bonds is 9. The van der Waals surface area contributed by atoms with Crippen LogP contribution in [0.15, 0.2) is 66.7 Å². The van der Waals surface area contributed by atoms with E-state index in [1.165, 1.54) is 12.1 Å². The first-order chi connectivity index (χ1) is 15.0. The molecule has 0 bridgehead atoms. The largest absolute Gasteiger partial charge is 0.493 e. The third-order valence-electron chi connectivity index (χ3n) is 4.93. The van der Waals surface area contributed by atoms with Crippen molar-refractivity contribution in [1.82, 2.24) is 0 Å². The lowest BCUT2D eigenvalue weighted by Crippen LogP contribution is -2.22. The number of halogens is 1. The molecule has 3 aromatic carbocycles. The zero-order valence-electron chi connectivity index (χ0n) is 17.1. The number of nitrogens with zero attached hydrogens (tertiary/aromatic N) is 1. The highest BCUT2D eigenvalue weighted by molar-refractivity contribution is 5.80. The number of hydrogen-bond donors (Lipinski definition) is 2. The van der Waals surface area contributed by atoms with Gasteiger partial charge in [-0.15, -0.1) is 0 Å². The number of aryl methyl sites for hydroxylation is 1. The summed E-state index contributed by atoms with van der Waals surface area (Å²) in [4.78, 5) is 12.1. The van der Waals surface area contributed by atoms with Gasteiger partial charge in [0.15, 0.2) is 6.04 Å². The van der Waals surface area contributed by atoms with Crippen molar-refractivity contribution in [2.75, 3.05) is 11.9 Å². The summed E-state index contributed by atoms with van der Waals surface area (Å²) in [6.45, 7) is 2.32. The van der Waals surface area contributed by atoms with E-state index in [9.17, 15) is 14.3 Å². The Hall–Kier alpha value is -3.85. The summed E-state index contributed by atoms with van der Waals surface area (Å²) >= 11 is 0. The molecule has 0 saturated carbocycles. The Balaban J connectivity index is 1.82. The van der Waals surface area contributed by atoms with Gasteiger partial charge < -0.3 is 15.2 Å². The van der Waals surface area contributed by atoms with Gasteiger partial charge in [-0.25, -0.2) is 9.18 Å². The van der Waals surface area contributed by atoms with Gasteiger partial charge in [0.25, 0.3) is 0 Å². The molecule has 1 unspecified atom stereocenters. The molecule has 0 spiro atoms. The first-order valence-electron chi connectivity index (χ1n) is 9.99. The SMILES string of the molecule is CCc1ccc(OCCc2ccc(F)cc2)c(C(Nc2ccc(C#N)cc2)C(=O)O)c1. The van der Waals surface area contributed by atoms with Crippen LogP contribution in [0.1, 0.15) is 35.2 Å². The Morgan fingerprint density at radius 2 is 1.77 bits per heavy atom. The Bertz CT molecular complexity index is 1070. The molecule has 0 saturated heterocycles. The molecule has 5 nitrogen and oxygen atoms in total. The molecule has 158 valence electrons. The topological polar surface area (TPSA) is 82.3 Å². The number of nitriles is 1. The van der Waals surface area contributed by atoms with Gasteiger partial charge in [-0.3, -0.25) is 0 Å². The summed E-state index contributed by atoms with van der Waals surface area (Å²) in [5, 5.41) is 21.9. The fourth-order valence-corrected chi connectivity index (χ4v) is 3.18. The van der Waals surface area contributed by atoms with Crippen LogP contribution in [-0.4, -0.2) is 17.7 Å². The van der Waals surface area contributed by atoms with Crippen molar-refractivity contribution >= 4 is 11.7 Å². The molecular weight excluding hydrogens is 395 g/mol. The first kappa shape index (κ1) is 21.8. The Kier molecular flexibility index (Phi) is 7.23. The maximum atomic E-state index is 13.1. The lowest BCUT2D eigenvalue weighted by atomic mass is 10.0. The molecule has 0 heterocycles. The van der Waals surface area contributed by atoms with E-state index in [4.69, 9.17) is 10.00 Å². The van der Waals surface area contributed by atoms with Crippen molar-refractivity contribution in [2.24, 2.45) is 0 Å². The average Bonchev–Trinajstić information content (AvgIpc) is 2.79. The number of carboxylic acid groups (broad SMARTS) is 1. The molecule has 31 heavy (non-hydrogen) atoms. The van der Waals surface area contributed by atoms with E-state index in [0.717, 1.165) is 17.5 Å². The molecule has 0 radical (unpaired) electrons. The summed E-state index contributed by atoms with van der Waals surface area (Å²) < 4.78 is 19.0. The number of carbonyl (C=O) groups is 1. The van der Waals surface area contributed by atoms with Crippen molar-refractivity contribution < 1.29 is 19.0 Å². The second-order valence-corrected chi connectivity index (χ2v) is 7.06. The van der Waals surface area contributed by atoms with E-state index in [-0.39, 0.29) is 5.82 Å². The quantitative estimate of drug-likeness (QED) is 0.504. The number of nitrogens with one attached hydrogen (secondary N) is 1. The molecule has 0 aliphatic heterocycles. The van der Waals surface area contributed by atoms with Crippen molar-refractivity contribution in [2.45, 2.75) is 25.8 Å². The van der Waals surface area contributed by atoms with Crippen molar-refractivity contribution in [3.8, 4) is 11.8 Å². The van der Waals surface area contributed by atoms with Crippen LogP contribution in [0.25, 0.3) is 0 Å². The molecule has 1 atom stereocenters. The fourth-order valence-electron chi connectivity index (χ4n) is 3.18. The molecule has 0 amide bonds. The molecule has 0 fully saturated rings. The van der Waals surface area contributed by atoms with Gasteiger partial charge in [0.1, 0.15) is 11.6 Å². The first-order valence-corrected chi connectivity index (χ1v) is 9.99. The van der Waals surface area contributed by atoms with Crippen LogP contribution >= 0.6 is 0 Å². The van der Waals surface area contributed by atoms with Crippen molar-refractivity contribution in [3.63, 3.8) is 0 Å². The van der Waals surface area contributed by atoms with Crippen LogP contribution in [0.4, 0.5) is 10.1 Å². The van der Waals surface area contributed by atoms with Crippen LogP contribution in [-0.2, 0) is 17.6 Å². The zero-order valence-corrected chi connectivity index (χ0v) is 17.1. The third-order valence-corrected chi connectivity index (χ3v) is 4.93. The van der Waals surface area contributed by atoms with Gasteiger partial charge in [-0.05, 0) is 66.1 Å². The Labute approximate surface area is 180 Å². The maximum absolute atomic E-state index is 13.1. The van der Waals surface area contributed by atoms with Gasteiger partial charge in [0.2, 0.25) is 0 Å². The van der Waals surface area contributed by atoms with E-state index in [0.29, 0.717) is 35.6 Å². The Morgan fingerprint density at radius 1 is 1.10 bits per heavy atom. The van der Waals surface area contributed by atoms with E-state index in [2.05, 4.69) is 5.32 Å². The molecule has 3 rings (SSSR count). The predicted octanol–water partition coefficient (Wildman–Crippen LogP) is 5.12. The van der Waals surface area contributed by atoms with Gasteiger partial charge in [0, 0.05) is 17.7 Å². The van der Waals surface area contributed by atoms with Gasteiger partial charge in [-0.1, -0.05) is 25.1 Å². The molecule has 0 aliphatic rings. The maximum Gasteiger partial charge on any atom is 0.330 e. The van der Waals surface area contributed by atoms with Crippen LogP contribution in [0, 0.1) is 17.1 Å². The number of ether oxygens (including phenoxy) is 1. The summed E-state index contributed by atoms with van der Waals surface area (Å²) in [6.07, 6.45) is 1.32. The molecule has 6 heteroatoms. The normalized spacial score (nSPS) is 11.4. The van der Waals surface area contributed by atoms with Crippen molar-refractivity contribution in [1.29, 1.82) is 5.26 Å². The predicted molar refractivity (Wildman–Crippen MR) is 117 cm³/mol. The van der Waals surface area contributed by atoms with Crippen LogP contribution < -0.4 is 10.1 Å². The van der Waals surface area contributed by atoms with E-state index in [1.807, 2.05) is 25.1 Å². The fraction of sp³-hybridized carbons (Fsp3) is 0.200. The lowest BCUT2D eigenvalue weighted by molar-refractivity contribution is -0.138. The standard InChI is InChI=1S/C25H23FN2O3/c1-2-17-7-12-23(31-14-13-18-3-8-20(26)9-4-18)22(15-17)24(25(29)30)28-21-10-5-19(16-27)6-11-21/h3-12,15,24,28H,2,13-14H2,1H3,(H,29,30). The summed E-state index contributed by atoms with van der Waals surface area (Å²) in [6, 6.07) is 19.4. The highest BCUT2D eigenvalue weighted by Gasteiger charge is 2.24. The molecule has 2 N–H and O–H groups in total. The van der Waals surface area contributed by atoms with Gasteiger partial charge in [0.05, 0.1) is 18.2 Å². The number of benzene rings is 3. The van der Waals surface area contributed by atoms with E-state index in [1.54, 1.807) is 42.5 Å². The summed E-state index contributed by atoms with van der Waals surface area (Å²) in [5.74, 6) is -0.853. The number of anilines is 1. The second kappa shape index (κ2) is 10.3. The van der Waals surface area contributed by atoms with Gasteiger partial charge >= 0.3 is 5.97 Å². The Morgan fingerprint density at radius 3 is 2.39 bits per heavy atom. The highest BCUT2D eigenvalue weighted by atomic mass is 19.1. The minimum Gasteiger partial charge on any atom is -0.493 e. The smallest absolute Gasteiger partial charge is 0.330 e. The number of hydrogen-bond acceptors (Lipinski definition) is 4. The molecule has 0 aromatic heterocycles. The lowest BCUT2D eigenvalue weighted by Gasteiger charge is -2.20. The molecular formula is C25H23FN2O3. The van der Waals surface area contributed by atoms with E-state index >= 15 is 0 Å². The van der Waals surface area contributed by atoms with Crippen LogP contribution in [0.5, 0.6) is 5.75 Å². The van der Waals surface area contributed by atoms with Gasteiger partial charge in [-0.2, -0.15) is 5.26 Å². The van der Waals surface area contributed by atoms with E-state index < -0.39 is 12.0 Å². The minimum atomic E-state index is -1.04. The number of aliphatic carboxylic acids is 1. The third kappa shape index (κ3) is 5.83. The zero-order chi connectivity index (χ0) is 22.2. The molecule has 3 aromatic rings. The summed E-state index contributed by atoms with van der Waals surface area (Å²) in [5.41, 5.74) is 3.53. The van der Waals surface area contributed by atoms with Crippen molar-refractivity contribution in [3.05, 3.63) is 94.8 Å². The minimum absolute atomic E-state index is 0.291. The number of carboxylic acids is 1.